The van der Waals surface area contributed by atoms with Gasteiger partial charge in [0.25, 0.3) is 5.91 Å². The van der Waals surface area contributed by atoms with Gasteiger partial charge in [0.1, 0.15) is 5.82 Å². The molecule has 4 rings (SSSR count). The number of amides is 1. The largest absolute Gasteiger partial charge is 0.335 e. The number of aromatic nitrogens is 2. The molecule has 0 spiro atoms. The molecule has 0 bridgehead atoms. The number of carbonyl (C=O) groups is 1. The fraction of sp³-hybridized carbons (Fsp3) is 0.217. The Hall–Kier alpha value is -3.25. The lowest BCUT2D eigenvalue weighted by Crippen LogP contribution is -2.48. The van der Waals surface area contributed by atoms with Crippen LogP contribution in [0.3, 0.4) is 0 Å². The first-order valence-electron chi connectivity index (χ1n) is 9.74. The molecule has 0 radical (unpaired) electrons. The van der Waals surface area contributed by atoms with Gasteiger partial charge in [-0.05, 0) is 29.8 Å². The summed E-state index contributed by atoms with van der Waals surface area (Å²) in [5.41, 5.74) is 2.17. The number of halogens is 1. The summed E-state index contributed by atoms with van der Waals surface area (Å²) in [6, 6.07) is 18.1. The van der Waals surface area contributed by atoms with Crippen LogP contribution in [0.5, 0.6) is 0 Å². The van der Waals surface area contributed by atoms with Gasteiger partial charge in [0, 0.05) is 38.9 Å². The molecule has 1 aliphatic heterocycles. The summed E-state index contributed by atoms with van der Waals surface area (Å²) >= 11 is 0. The summed E-state index contributed by atoms with van der Waals surface area (Å²) < 4.78 is 14.9. The maximum absolute atomic E-state index is 13.4. The highest BCUT2D eigenvalue weighted by atomic mass is 19.1. The lowest BCUT2D eigenvalue weighted by Gasteiger charge is -2.33. The maximum atomic E-state index is 13.4. The van der Waals surface area contributed by atoms with E-state index in [9.17, 15) is 9.18 Å². The minimum Gasteiger partial charge on any atom is -0.335 e. The van der Waals surface area contributed by atoms with Crippen molar-refractivity contribution < 1.29 is 9.18 Å². The van der Waals surface area contributed by atoms with Gasteiger partial charge in [-0.15, -0.1) is 0 Å². The number of nitrogens with zero attached hydrogens (tertiary/aromatic N) is 4. The van der Waals surface area contributed by atoms with Crippen molar-refractivity contribution in [3.8, 4) is 5.69 Å². The normalized spacial score (nSPS) is 15.1. The molecule has 1 fully saturated rings. The van der Waals surface area contributed by atoms with Gasteiger partial charge in [-0.2, -0.15) is 5.10 Å². The van der Waals surface area contributed by atoms with Crippen molar-refractivity contribution >= 4 is 12.0 Å². The van der Waals surface area contributed by atoms with Gasteiger partial charge in [0.05, 0.1) is 5.69 Å². The van der Waals surface area contributed by atoms with Crippen molar-refractivity contribution in [1.29, 1.82) is 0 Å². The second-order valence-corrected chi connectivity index (χ2v) is 7.03. The van der Waals surface area contributed by atoms with Gasteiger partial charge in [0.15, 0.2) is 5.69 Å². The van der Waals surface area contributed by atoms with Crippen molar-refractivity contribution in [3.63, 3.8) is 0 Å². The number of piperazine rings is 1. The monoisotopic (exact) mass is 390 g/mol. The molecule has 0 unspecified atom stereocenters. The summed E-state index contributed by atoms with van der Waals surface area (Å²) in [6.45, 7) is 3.87. The molecule has 0 atom stereocenters. The third-order valence-electron chi connectivity index (χ3n) is 5.01. The molecule has 1 aliphatic rings. The van der Waals surface area contributed by atoms with Crippen LogP contribution in [0.15, 0.2) is 72.9 Å². The minimum atomic E-state index is -0.330. The van der Waals surface area contributed by atoms with Gasteiger partial charge in [-0.3, -0.25) is 9.69 Å². The van der Waals surface area contributed by atoms with Crippen LogP contribution in [-0.4, -0.2) is 58.2 Å². The second kappa shape index (κ2) is 8.84. The Kier molecular flexibility index (Phi) is 5.81. The summed E-state index contributed by atoms with van der Waals surface area (Å²) in [4.78, 5) is 16.9. The summed E-state index contributed by atoms with van der Waals surface area (Å²) in [6.07, 6.45) is 5.97. The summed E-state index contributed by atoms with van der Waals surface area (Å²) in [5, 5.41) is 4.33. The molecule has 1 aromatic heterocycles. The van der Waals surface area contributed by atoms with Crippen molar-refractivity contribution in [1.82, 2.24) is 19.6 Å². The summed E-state index contributed by atoms with van der Waals surface area (Å²) in [5.74, 6) is -0.414. The van der Waals surface area contributed by atoms with E-state index in [1.165, 1.54) is 22.4 Å². The van der Waals surface area contributed by atoms with E-state index in [0.717, 1.165) is 19.6 Å². The molecule has 5 nitrogen and oxygen atoms in total. The summed E-state index contributed by atoms with van der Waals surface area (Å²) in [7, 11) is 0. The van der Waals surface area contributed by atoms with Crippen molar-refractivity contribution in [2.45, 2.75) is 0 Å². The minimum absolute atomic E-state index is 0.0837. The average molecular weight is 390 g/mol. The van der Waals surface area contributed by atoms with Gasteiger partial charge < -0.3 is 4.90 Å². The zero-order valence-corrected chi connectivity index (χ0v) is 16.1. The highest BCUT2D eigenvalue weighted by Gasteiger charge is 2.23. The zero-order chi connectivity index (χ0) is 20.1. The molecular formula is C23H23FN4O. The van der Waals surface area contributed by atoms with E-state index in [1.807, 2.05) is 23.1 Å². The average Bonchev–Trinajstić information content (AvgIpc) is 3.25. The quantitative estimate of drug-likeness (QED) is 0.670. The lowest BCUT2D eigenvalue weighted by atomic mass is 10.2. The van der Waals surface area contributed by atoms with Gasteiger partial charge in [0.2, 0.25) is 0 Å². The van der Waals surface area contributed by atoms with E-state index in [2.05, 4.69) is 34.3 Å². The fourth-order valence-corrected chi connectivity index (χ4v) is 3.40. The van der Waals surface area contributed by atoms with E-state index >= 15 is 0 Å². The predicted octanol–water partition coefficient (Wildman–Crippen LogP) is 3.48. The Balaban J connectivity index is 1.31. The molecule has 29 heavy (non-hydrogen) atoms. The van der Waals surface area contributed by atoms with Crippen LogP contribution in [-0.2, 0) is 0 Å². The van der Waals surface area contributed by atoms with E-state index in [-0.39, 0.29) is 11.7 Å². The molecule has 2 aromatic carbocycles. The van der Waals surface area contributed by atoms with E-state index in [0.29, 0.717) is 24.5 Å². The van der Waals surface area contributed by atoms with Crippen LogP contribution in [0.4, 0.5) is 4.39 Å². The SMILES string of the molecule is O=C(c1ccn(-c2cccc(F)c2)n1)N1CCN(C/C=C/c2ccccc2)CC1. The second-order valence-electron chi connectivity index (χ2n) is 7.03. The molecular weight excluding hydrogens is 367 g/mol. The van der Waals surface area contributed by atoms with Gasteiger partial charge >= 0.3 is 0 Å². The smallest absolute Gasteiger partial charge is 0.274 e. The molecule has 1 amide bonds. The molecule has 148 valence electrons. The Morgan fingerprint density at radius 3 is 2.55 bits per heavy atom. The number of hydrogen-bond acceptors (Lipinski definition) is 3. The van der Waals surface area contributed by atoms with Crippen LogP contribution < -0.4 is 0 Å². The number of benzene rings is 2. The number of rotatable bonds is 5. The Bertz CT molecular complexity index is 991. The van der Waals surface area contributed by atoms with Crippen molar-refractivity contribution in [3.05, 3.63) is 90.0 Å². The zero-order valence-electron chi connectivity index (χ0n) is 16.1. The molecule has 0 saturated carbocycles. The molecule has 0 N–H and O–H groups in total. The first kappa shape index (κ1) is 19.1. The Morgan fingerprint density at radius 1 is 1.00 bits per heavy atom. The highest BCUT2D eigenvalue weighted by Crippen LogP contribution is 2.12. The standard InChI is InChI=1S/C23H23FN4O/c24-20-9-4-10-21(18-20)28-13-11-22(25-28)23(29)27-16-14-26(15-17-27)12-5-8-19-6-2-1-3-7-19/h1-11,13,18H,12,14-17H2/b8-5+. The highest BCUT2D eigenvalue weighted by molar-refractivity contribution is 5.92. The third kappa shape index (κ3) is 4.78. The van der Waals surface area contributed by atoms with Crippen LogP contribution in [0, 0.1) is 5.82 Å². The number of carbonyl (C=O) groups excluding carboxylic acids is 1. The first-order chi connectivity index (χ1) is 14.2. The fourth-order valence-electron chi connectivity index (χ4n) is 3.40. The van der Waals surface area contributed by atoms with Crippen LogP contribution in [0.2, 0.25) is 0 Å². The Morgan fingerprint density at radius 2 is 1.79 bits per heavy atom. The lowest BCUT2D eigenvalue weighted by molar-refractivity contribution is 0.0644. The van der Waals surface area contributed by atoms with E-state index < -0.39 is 0 Å². The maximum Gasteiger partial charge on any atom is 0.274 e. The van der Waals surface area contributed by atoms with E-state index in [1.54, 1.807) is 24.4 Å². The number of hydrogen-bond donors (Lipinski definition) is 0. The molecule has 2 heterocycles. The predicted molar refractivity (Wildman–Crippen MR) is 111 cm³/mol. The van der Waals surface area contributed by atoms with Crippen LogP contribution >= 0.6 is 0 Å². The topological polar surface area (TPSA) is 41.4 Å². The van der Waals surface area contributed by atoms with Crippen molar-refractivity contribution in [2.75, 3.05) is 32.7 Å². The molecule has 3 aromatic rings. The molecule has 6 heteroatoms. The van der Waals surface area contributed by atoms with Gasteiger partial charge in [-0.25, -0.2) is 9.07 Å². The van der Waals surface area contributed by atoms with E-state index in [4.69, 9.17) is 0 Å². The molecule has 0 aliphatic carbocycles. The van der Waals surface area contributed by atoms with Crippen LogP contribution in [0.25, 0.3) is 11.8 Å². The third-order valence-corrected chi connectivity index (χ3v) is 5.01. The van der Waals surface area contributed by atoms with Crippen LogP contribution in [0.1, 0.15) is 16.1 Å². The van der Waals surface area contributed by atoms with Crippen molar-refractivity contribution in [2.24, 2.45) is 0 Å². The van der Waals surface area contributed by atoms with Gasteiger partial charge in [-0.1, -0.05) is 48.6 Å². The Labute approximate surface area is 169 Å². The molecule has 1 saturated heterocycles. The first-order valence-corrected chi connectivity index (χ1v) is 9.74.